The van der Waals surface area contributed by atoms with Gasteiger partial charge in [-0.3, -0.25) is 9.59 Å². The highest BCUT2D eigenvalue weighted by Gasteiger charge is 2.38. The van der Waals surface area contributed by atoms with Crippen LogP contribution in [0.5, 0.6) is 0 Å². The van der Waals surface area contributed by atoms with Gasteiger partial charge < -0.3 is 14.4 Å². The van der Waals surface area contributed by atoms with Crippen molar-refractivity contribution in [3.63, 3.8) is 0 Å². The van der Waals surface area contributed by atoms with Gasteiger partial charge in [0.15, 0.2) is 0 Å². The minimum atomic E-state index is -0.0462. The van der Waals surface area contributed by atoms with Crippen molar-refractivity contribution in [3.05, 3.63) is 84.2 Å². The molecule has 0 spiro atoms. The number of hydrogen-bond acceptors (Lipinski definition) is 2. The molecule has 2 amide bonds. The fourth-order valence-corrected chi connectivity index (χ4v) is 4.23. The van der Waals surface area contributed by atoms with E-state index < -0.39 is 0 Å². The molecule has 0 bridgehead atoms. The van der Waals surface area contributed by atoms with E-state index in [1.165, 1.54) is 0 Å². The summed E-state index contributed by atoms with van der Waals surface area (Å²) in [5.41, 5.74) is 3.97. The van der Waals surface area contributed by atoms with E-state index in [1.54, 1.807) is 4.90 Å². The number of aromatic nitrogens is 1. The van der Waals surface area contributed by atoms with Crippen molar-refractivity contribution in [2.24, 2.45) is 7.05 Å². The van der Waals surface area contributed by atoms with Gasteiger partial charge in [0.2, 0.25) is 5.91 Å². The molecular weight excluding hydrogens is 398 g/mol. The summed E-state index contributed by atoms with van der Waals surface area (Å²) in [6.07, 6.45) is 6.05. The van der Waals surface area contributed by atoms with Gasteiger partial charge in [0.1, 0.15) is 6.54 Å². The third kappa shape index (κ3) is 4.47. The number of carbonyl (C=O) groups is 2. The van der Waals surface area contributed by atoms with Gasteiger partial charge in [0.25, 0.3) is 5.91 Å². The highest BCUT2D eigenvalue weighted by molar-refractivity contribution is 5.97. The summed E-state index contributed by atoms with van der Waals surface area (Å²) in [6, 6.07) is 22.4. The monoisotopic (exact) mass is 427 g/mol. The lowest BCUT2D eigenvalue weighted by Crippen LogP contribution is -2.44. The number of rotatable bonds is 8. The molecule has 0 N–H and O–H groups in total. The van der Waals surface area contributed by atoms with Crippen LogP contribution < -0.4 is 0 Å². The molecule has 164 valence electrons. The summed E-state index contributed by atoms with van der Waals surface area (Å²) >= 11 is 0. The quantitative estimate of drug-likeness (QED) is 0.532. The Bertz CT molecular complexity index is 1100. The summed E-state index contributed by atoms with van der Waals surface area (Å²) in [7, 11) is 2.00. The number of aryl methyl sites for hydroxylation is 1. The van der Waals surface area contributed by atoms with Crippen LogP contribution in [0.3, 0.4) is 0 Å². The molecule has 32 heavy (non-hydrogen) atoms. The van der Waals surface area contributed by atoms with Crippen LogP contribution in [0.15, 0.2) is 72.9 Å². The fourth-order valence-electron chi connectivity index (χ4n) is 4.23. The largest absolute Gasteiger partial charge is 0.353 e. The average molecular weight is 428 g/mol. The summed E-state index contributed by atoms with van der Waals surface area (Å²) in [4.78, 5) is 30.4. The lowest BCUT2D eigenvalue weighted by atomic mass is 10.0. The SMILES string of the molecule is Cn1cccc1CN(C(=O)CN(C(=O)c1ccc(-c2ccccc2)cc1)C1CC1)C1CC1. The van der Waals surface area contributed by atoms with E-state index in [9.17, 15) is 9.59 Å². The number of benzene rings is 2. The Hall–Kier alpha value is -3.34. The maximum Gasteiger partial charge on any atom is 0.254 e. The molecule has 1 aromatic heterocycles. The Balaban J connectivity index is 1.30. The smallest absolute Gasteiger partial charge is 0.254 e. The maximum absolute atomic E-state index is 13.3. The minimum absolute atomic E-state index is 0.0462. The first-order chi connectivity index (χ1) is 15.6. The van der Waals surface area contributed by atoms with E-state index in [-0.39, 0.29) is 24.4 Å². The standard InChI is InChI=1S/C27H29N3O2/c1-28-17-5-8-25(28)18-29(23-13-14-23)26(31)19-30(24-15-16-24)27(32)22-11-9-21(10-12-22)20-6-3-2-4-7-20/h2-12,17,23-24H,13-16,18-19H2,1H3. The Morgan fingerprint density at radius 1 is 0.812 bits per heavy atom. The van der Waals surface area contributed by atoms with Crippen LogP contribution in [-0.4, -0.2) is 44.8 Å². The Morgan fingerprint density at radius 2 is 1.44 bits per heavy atom. The fraction of sp³-hybridized carbons (Fsp3) is 0.333. The predicted molar refractivity (Wildman–Crippen MR) is 125 cm³/mol. The predicted octanol–water partition coefficient (Wildman–Crippen LogP) is 4.49. The zero-order chi connectivity index (χ0) is 22.1. The van der Waals surface area contributed by atoms with Gasteiger partial charge in [-0.2, -0.15) is 0 Å². The first-order valence-corrected chi connectivity index (χ1v) is 11.5. The van der Waals surface area contributed by atoms with E-state index in [0.29, 0.717) is 18.2 Å². The van der Waals surface area contributed by atoms with Gasteiger partial charge in [0.05, 0.1) is 6.54 Å². The van der Waals surface area contributed by atoms with Crippen molar-refractivity contribution < 1.29 is 9.59 Å². The van der Waals surface area contributed by atoms with Gasteiger partial charge in [-0.05, 0) is 61.1 Å². The molecular formula is C27H29N3O2. The van der Waals surface area contributed by atoms with Crippen molar-refractivity contribution in [1.29, 1.82) is 0 Å². The molecule has 5 nitrogen and oxygen atoms in total. The van der Waals surface area contributed by atoms with E-state index in [4.69, 9.17) is 0 Å². The number of hydrogen-bond donors (Lipinski definition) is 0. The highest BCUT2D eigenvalue weighted by Crippen LogP contribution is 2.32. The Kier molecular flexibility index (Phi) is 5.56. The number of amides is 2. The normalized spacial score (nSPS) is 15.4. The average Bonchev–Trinajstić information content (AvgIpc) is 3.75. The van der Waals surface area contributed by atoms with Crippen molar-refractivity contribution in [1.82, 2.24) is 14.4 Å². The van der Waals surface area contributed by atoms with Crippen LogP contribution in [0, 0.1) is 0 Å². The van der Waals surface area contributed by atoms with Crippen LogP contribution in [0.2, 0.25) is 0 Å². The molecule has 2 aliphatic carbocycles. The first kappa shape index (κ1) is 20.6. The lowest BCUT2D eigenvalue weighted by molar-refractivity contribution is -0.133. The minimum Gasteiger partial charge on any atom is -0.353 e. The molecule has 3 aromatic rings. The molecule has 0 radical (unpaired) electrons. The maximum atomic E-state index is 13.3. The van der Waals surface area contributed by atoms with E-state index >= 15 is 0 Å². The van der Waals surface area contributed by atoms with Gasteiger partial charge in [-0.1, -0.05) is 42.5 Å². The summed E-state index contributed by atoms with van der Waals surface area (Å²) in [5, 5.41) is 0. The number of nitrogens with zero attached hydrogens (tertiary/aromatic N) is 3. The zero-order valence-corrected chi connectivity index (χ0v) is 18.5. The first-order valence-electron chi connectivity index (χ1n) is 11.5. The Labute approximate surface area is 189 Å². The molecule has 0 saturated heterocycles. The molecule has 5 heteroatoms. The third-order valence-electron chi connectivity index (χ3n) is 6.48. The van der Waals surface area contributed by atoms with Crippen LogP contribution >= 0.6 is 0 Å². The van der Waals surface area contributed by atoms with Gasteiger partial charge in [0, 0.05) is 36.6 Å². The van der Waals surface area contributed by atoms with Crippen LogP contribution in [-0.2, 0) is 18.4 Å². The molecule has 2 fully saturated rings. The van der Waals surface area contributed by atoms with Crippen LogP contribution in [0.1, 0.15) is 41.7 Å². The van der Waals surface area contributed by atoms with E-state index in [0.717, 1.165) is 42.5 Å². The van der Waals surface area contributed by atoms with Crippen LogP contribution in [0.4, 0.5) is 0 Å². The van der Waals surface area contributed by atoms with E-state index in [2.05, 4.69) is 22.8 Å². The summed E-state index contributed by atoms with van der Waals surface area (Å²) in [6.45, 7) is 0.760. The van der Waals surface area contributed by atoms with E-state index in [1.807, 2.05) is 66.7 Å². The van der Waals surface area contributed by atoms with Gasteiger partial charge >= 0.3 is 0 Å². The second-order valence-corrected chi connectivity index (χ2v) is 8.97. The van der Waals surface area contributed by atoms with Crippen molar-refractivity contribution in [2.45, 2.75) is 44.3 Å². The molecule has 1 heterocycles. The molecule has 5 rings (SSSR count). The van der Waals surface area contributed by atoms with Gasteiger partial charge in [-0.25, -0.2) is 0 Å². The van der Waals surface area contributed by atoms with Gasteiger partial charge in [-0.15, -0.1) is 0 Å². The number of carbonyl (C=O) groups excluding carboxylic acids is 2. The van der Waals surface area contributed by atoms with Crippen LogP contribution in [0.25, 0.3) is 11.1 Å². The topological polar surface area (TPSA) is 45.6 Å². The summed E-state index contributed by atoms with van der Waals surface area (Å²) in [5.74, 6) is 0.00457. The second kappa shape index (κ2) is 8.65. The molecule has 0 atom stereocenters. The van der Waals surface area contributed by atoms with Crippen molar-refractivity contribution >= 4 is 11.8 Å². The lowest BCUT2D eigenvalue weighted by Gasteiger charge is -2.28. The molecule has 0 unspecified atom stereocenters. The summed E-state index contributed by atoms with van der Waals surface area (Å²) < 4.78 is 2.06. The molecule has 2 aromatic carbocycles. The second-order valence-electron chi connectivity index (χ2n) is 8.97. The Morgan fingerprint density at radius 3 is 2.03 bits per heavy atom. The zero-order valence-electron chi connectivity index (χ0n) is 18.5. The molecule has 2 aliphatic rings. The molecule has 0 aliphatic heterocycles. The highest BCUT2D eigenvalue weighted by atomic mass is 16.2. The third-order valence-corrected chi connectivity index (χ3v) is 6.48. The van der Waals surface area contributed by atoms with Crippen molar-refractivity contribution in [2.75, 3.05) is 6.54 Å². The molecule has 2 saturated carbocycles. The van der Waals surface area contributed by atoms with Crippen molar-refractivity contribution in [3.8, 4) is 11.1 Å².